The van der Waals surface area contributed by atoms with Crippen molar-refractivity contribution in [2.45, 2.75) is 63.6 Å². The van der Waals surface area contributed by atoms with E-state index in [0.717, 1.165) is 24.0 Å². The third kappa shape index (κ3) is 1.67. The SMILES string of the molecule is C1CC2CCCN3C2C(C1)CN1CCCCC13. The molecule has 4 aliphatic rings. The monoisotopic (exact) mass is 234 g/mol. The van der Waals surface area contributed by atoms with Crippen LogP contribution in [-0.4, -0.2) is 41.6 Å². The lowest BCUT2D eigenvalue weighted by molar-refractivity contribution is -0.128. The molecule has 17 heavy (non-hydrogen) atoms. The zero-order valence-electron chi connectivity index (χ0n) is 11.0. The molecule has 3 heterocycles. The van der Waals surface area contributed by atoms with Crippen molar-refractivity contribution in [2.24, 2.45) is 11.8 Å². The van der Waals surface area contributed by atoms with Crippen molar-refractivity contribution in [3.8, 4) is 0 Å². The molecule has 3 aliphatic heterocycles. The first kappa shape index (κ1) is 10.8. The zero-order chi connectivity index (χ0) is 11.2. The topological polar surface area (TPSA) is 6.48 Å². The summed E-state index contributed by atoms with van der Waals surface area (Å²) in [4.78, 5) is 5.78. The van der Waals surface area contributed by atoms with Crippen molar-refractivity contribution >= 4 is 0 Å². The Morgan fingerprint density at radius 2 is 1.59 bits per heavy atom. The Balaban J connectivity index is 1.63. The van der Waals surface area contributed by atoms with Gasteiger partial charge in [0.25, 0.3) is 0 Å². The molecule has 0 amide bonds. The molecule has 0 N–H and O–H groups in total. The Hall–Kier alpha value is -0.0800. The van der Waals surface area contributed by atoms with Crippen LogP contribution in [0.15, 0.2) is 0 Å². The fourth-order valence-electron chi connectivity index (χ4n) is 5.32. The van der Waals surface area contributed by atoms with Crippen LogP contribution < -0.4 is 0 Å². The van der Waals surface area contributed by atoms with Gasteiger partial charge in [-0.3, -0.25) is 9.80 Å². The van der Waals surface area contributed by atoms with E-state index in [9.17, 15) is 0 Å². The van der Waals surface area contributed by atoms with E-state index in [-0.39, 0.29) is 0 Å². The largest absolute Gasteiger partial charge is 0.288 e. The van der Waals surface area contributed by atoms with E-state index in [4.69, 9.17) is 0 Å². The second-order valence-electron chi connectivity index (χ2n) is 6.79. The average Bonchev–Trinajstić information content (AvgIpc) is 2.39. The molecule has 4 rings (SSSR count). The van der Waals surface area contributed by atoms with Crippen LogP contribution in [0.3, 0.4) is 0 Å². The van der Waals surface area contributed by atoms with E-state index in [0.29, 0.717) is 0 Å². The summed E-state index contributed by atoms with van der Waals surface area (Å²) in [5, 5.41) is 0. The van der Waals surface area contributed by atoms with Gasteiger partial charge in [-0.25, -0.2) is 0 Å². The lowest BCUT2D eigenvalue weighted by Gasteiger charge is -2.59. The first-order chi connectivity index (χ1) is 8.43. The number of hydrogen-bond donors (Lipinski definition) is 0. The Morgan fingerprint density at radius 3 is 2.59 bits per heavy atom. The first-order valence-corrected chi connectivity index (χ1v) is 7.93. The van der Waals surface area contributed by atoms with Crippen LogP contribution in [0.2, 0.25) is 0 Å². The van der Waals surface area contributed by atoms with Crippen molar-refractivity contribution in [3.63, 3.8) is 0 Å². The molecule has 96 valence electrons. The fourth-order valence-corrected chi connectivity index (χ4v) is 5.32. The van der Waals surface area contributed by atoms with Gasteiger partial charge < -0.3 is 0 Å². The highest BCUT2D eigenvalue weighted by atomic mass is 15.4. The smallest absolute Gasteiger partial charge is 0.0625 e. The predicted molar refractivity (Wildman–Crippen MR) is 69.8 cm³/mol. The lowest BCUT2D eigenvalue weighted by atomic mass is 9.70. The van der Waals surface area contributed by atoms with Crippen LogP contribution in [0.25, 0.3) is 0 Å². The Bertz CT molecular complexity index is 289. The molecule has 2 nitrogen and oxygen atoms in total. The summed E-state index contributed by atoms with van der Waals surface area (Å²) in [6.45, 7) is 4.22. The zero-order valence-corrected chi connectivity index (χ0v) is 11.0. The van der Waals surface area contributed by atoms with Crippen LogP contribution >= 0.6 is 0 Å². The summed E-state index contributed by atoms with van der Waals surface area (Å²) >= 11 is 0. The third-order valence-electron chi connectivity index (χ3n) is 5.92. The second-order valence-corrected chi connectivity index (χ2v) is 6.79. The standard InChI is InChI=1S/C15H26N2/c1-2-9-16-11-13-6-3-5-12-7-4-10-17(15(12)13)14(16)8-1/h12-15H,1-11H2. The molecule has 1 aliphatic carbocycles. The van der Waals surface area contributed by atoms with Gasteiger partial charge in [0, 0.05) is 12.6 Å². The molecular weight excluding hydrogens is 208 g/mol. The van der Waals surface area contributed by atoms with E-state index < -0.39 is 0 Å². The van der Waals surface area contributed by atoms with Gasteiger partial charge in [0.15, 0.2) is 0 Å². The van der Waals surface area contributed by atoms with Crippen LogP contribution in [0.4, 0.5) is 0 Å². The quantitative estimate of drug-likeness (QED) is 0.636. The van der Waals surface area contributed by atoms with Crippen molar-refractivity contribution in [1.29, 1.82) is 0 Å². The van der Waals surface area contributed by atoms with E-state index in [2.05, 4.69) is 9.80 Å². The minimum absolute atomic E-state index is 0.839. The second kappa shape index (κ2) is 4.24. The molecule has 4 fully saturated rings. The van der Waals surface area contributed by atoms with Crippen LogP contribution in [0, 0.1) is 11.8 Å². The summed E-state index contributed by atoms with van der Waals surface area (Å²) in [6, 6.07) is 0.983. The number of nitrogens with zero attached hydrogens (tertiary/aromatic N) is 2. The maximum Gasteiger partial charge on any atom is 0.0625 e. The Labute approximate surface area is 105 Å². The summed E-state index contributed by atoms with van der Waals surface area (Å²) in [5.41, 5.74) is 0. The molecule has 4 unspecified atom stereocenters. The first-order valence-electron chi connectivity index (χ1n) is 7.93. The molecule has 3 saturated heterocycles. The molecule has 0 aromatic carbocycles. The van der Waals surface area contributed by atoms with Gasteiger partial charge in [-0.2, -0.15) is 0 Å². The van der Waals surface area contributed by atoms with Gasteiger partial charge in [0.05, 0.1) is 6.17 Å². The summed E-state index contributed by atoms with van der Waals surface area (Å²) in [5.74, 6) is 2.08. The normalized spacial score (nSPS) is 47.3. The minimum atomic E-state index is 0.839. The van der Waals surface area contributed by atoms with E-state index in [1.807, 2.05) is 0 Å². The molecule has 0 bridgehead atoms. The van der Waals surface area contributed by atoms with Crippen LogP contribution in [-0.2, 0) is 0 Å². The highest BCUT2D eigenvalue weighted by Gasteiger charge is 2.47. The van der Waals surface area contributed by atoms with Gasteiger partial charge in [0.1, 0.15) is 0 Å². The molecule has 2 heteroatoms. The molecule has 4 atom stereocenters. The molecular formula is C15H26N2. The van der Waals surface area contributed by atoms with Gasteiger partial charge in [-0.05, 0) is 69.9 Å². The average molecular weight is 234 g/mol. The molecule has 0 radical (unpaired) electrons. The maximum absolute atomic E-state index is 2.95. The number of fused-ring (bicyclic) bond motifs is 2. The van der Waals surface area contributed by atoms with E-state index in [1.165, 1.54) is 71.0 Å². The third-order valence-corrected chi connectivity index (χ3v) is 5.92. The van der Waals surface area contributed by atoms with Gasteiger partial charge in [-0.15, -0.1) is 0 Å². The van der Waals surface area contributed by atoms with Gasteiger partial charge in [0.2, 0.25) is 0 Å². The minimum Gasteiger partial charge on any atom is -0.288 e. The molecule has 0 aromatic rings. The molecule has 0 spiro atoms. The van der Waals surface area contributed by atoms with E-state index >= 15 is 0 Å². The number of rotatable bonds is 0. The lowest BCUT2D eigenvalue weighted by Crippen LogP contribution is -2.67. The van der Waals surface area contributed by atoms with Crippen LogP contribution in [0.5, 0.6) is 0 Å². The highest BCUT2D eigenvalue weighted by molar-refractivity contribution is 5.00. The van der Waals surface area contributed by atoms with Crippen molar-refractivity contribution in [3.05, 3.63) is 0 Å². The predicted octanol–water partition coefficient (Wildman–Crippen LogP) is 2.69. The fraction of sp³-hybridized carbons (Fsp3) is 1.00. The van der Waals surface area contributed by atoms with Gasteiger partial charge >= 0.3 is 0 Å². The Morgan fingerprint density at radius 1 is 0.706 bits per heavy atom. The maximum atomic E-state index is 2.95. The van der Waals surface area contributed by atoms with Crippen molar-refractivity contribution in [2.75, 3.05) is 19.6 Å². The summed E-state index contributed by atoms with van der Waals surface area (Å²) in [7, 11) is 0. The highest BCUT2D eigenvalue weighted by Crippen LogP contribution is 2.44. The summed E-state index contributed by atoms with van der Waals surface area (Å²) in [6.07, 6.45) is 12.8. The van der Waals surface area contributed by atoms with Crippen molar-refractivity contribution < 1.29 is 0 Å². The molecule has 0 aromatic heterocycles. The van der Waals surface area contributed by atoms with Crippen LogP contribution in [0.1, 0.15) is 51.4 Å². The number of hydrogen-bond acceptors (Lipinski definition) is 2. The Kier molecular flexibility index (Phi) is 2.69. The van der Waals surface area contributed by atoms with E-state index in [1.54, 1.807) is 0 Å². The number of piperidine rings is 2. The summed E-state index contributed by atoms with van der Waals surface area (Å²) < 4.78 is 0. The van der Waals surface area contributed by atoms with Gasteiger partial charge in [-0.1, -0.05) is 6.42 Å². The van der Waals surface area contributed by atoms with Crippen molar-refractivity contribution in [1.82, 2.24) is 9.80 Å². The molecule has 1 saturated carbocycles.